The van der Waals surface area contributed by atoms with Gasteiger partial charge in [-0.1, -0.05) is 0 Å². The van der Waals surface area contributed by atoms with E-state index in [1.165, 1.54) is 7.11 Å². The lowest BCUT2D eigenvalue weighted by Gasteiger charge is -2.39. The number of nitrogens with one attached hydrogen (secondary N) is 1. The molecular weight excluding hydrogens is 194 g/mol. The second kappa shape index (κ2) is 3.46. The Kier molecular flexibility index (Phi) is 2.51. The van der Waals surface area contributed by atoms with Gasteiger partial charge in [0.1, 0.15) is 0 Å². The van der Waals surface area contributed by atoms with Crippen LogP contribution in [0.4, 0.5) is 0 Å². The fourth-order valence-electron chi connectivity index (χ4n) is 3.04. The average Bonchev–Trinajstić information content (AvgIpc) is 2.73. The molecule has 2 heterocycles. The molecule has 0 radical (unpaired) electrons. The van der Waals surface area contributed by atoms with Gasteiger partial charge in [0.25, 0.3) is 0 Å². The van der Waals surface area contributed by atoms with Gasteiger partial charge >= 0.3 is 5.97 Å². The summed E-state index contributed by atoms with van der Waals surface area (Å²) in [7, 11) is 1.46. The second-order valence-electron chi connectivity index (χ2n) is 4.97. The van der Waals surface area contributed by atoms with Crippen LogP contribution in [0.1, 0.15) is 20.3 Å². The highest BCUT2D eigenvalue weighted by Gasteiger charge is 2.59. The van der Waals surface area contributed by atoms with Crippen LogP contribution in [0.2, 0.25) is 0 Å². The number of ether oxygens (including phenoxy) is 2. The minimum Gasteiger partial charge on any atom is -0.469 e. The normalized spacial score (nSPS) is 38.5. The Balaban J connectivity index is 2.30. The summed E-state index contributed by atoms with van der Waals surface area (Å²) in [6, 6.07) is 0. The lowest BCUT2D eigenvalue weighted by Crippen LogP contribution is -2.48. The molecule has 2 rings (SSSR count). The Hall–Kier alpha value is -0.610. The minimum atomic E-state index is -0.241. The predicted octanol–water partition coefficient (Wildman–Crippen LogP) is 0.564. The SMILES string of the molecule is COC(=O)C1CNCC12CCOC2(C)C. The summed E-state index contributed by atoms with van der Waals surface area (Å²) in [5.74, 6) is -0.182. The first kappa shape index (κ1) is 10.9. The highest BCUT2D eigenvalue weighted by Crippen LogP contribution is 2.50. The van der Waals surface area contributed by atoms with Crippen molar-refractivity contribution < 1.29 is 14.3 Å². The first-order chi connectivity index (χ1) is 7.03. The quantitative estimate of drug-likeness (QED) is 0.647. The van der Waals surface area contributed by atoms with Gasteiger partial charge in [-0.05, 0) is 20.3 Å². The lowest BCUT2D eigenvalue weighted by molar-refractivity contribution is -0.152. The summed E-state index contributed by atoms with van der Waals surface area (Å²) >= 11 is 0. The van der Waals surface area contributed by atoms with Gasteiger partial charge in [-0.2, -0.15) is 0 Å². The molecule has 15 heavy (non-hydrogen) atoms. The zero-order valence-corrected chi connectivity index (χ0v) is 9.63. The fraction of sp³-hybridized carbons (Fsp3) is 0.909. The van der Waals surface area contributed by atoms with Gasteiger partial charge < -0.3 is 14.8 Å². The van der Waals surface area contributed by atoms with Gasteiger partial charge in [-0.3, -0.25) is 4.79 Å². The van der Waals surface area contributed by atoms with Gasteiger partial charge in [-0.15, -0.1) is 0 Å². The van der Waals surface area contributed by atoms with E-state index in [1.807, 2.05) is 0 Å². The van der Waals surface area contributed by atoms with Gasteiger partial charge in [0.05, 0.1) is 18.6 Å². The summed E-state index contributed by atoms with van der Waals surface area (Å²) in [6.07, 6.45) is 0.937. The van der Waals surface area contributed by atoms with Crippen LogP contribution in [0.25, 0.3) is 0 Å². The Bertz CT molecular complexity index is 273. The van der Waals surface area contributed by atoms with E-state index in [4.69, 9.17) is 9.47 Å². The van der Waals surface area contributed by atoms with Crippen molar-refractivity contribution in [2.75, 3.05) is 26.8 Å². The van der Waals surface area contributed by atoms with Gasteiger partial charge in [0.2, 0.25) is 0 Å². The van der Waals surface area contributed by atoms with Crippen LogP contribution in [0, 0.1) is 11.3 Å². The highest BCUT2D eigenvalue weighted by atomic mass is 16.5. The first-order valence-corrected chi connectivity index (χ1v) is 5.46. The molecule has 2 fully saturated rings. The summed E-state index contributed by atoms with van der Waals surface area (Å²) < 4.78 is 10.6. The lowest BCUT2D eigenvalue weighted by atomic mass is 9.66. The van der Waals surface area contributed by atoms with Gasteiger partial charge in [0.15, 0.2) is 0 Å². The summed E-state index contributed by atoms with van der Waals surface area (Å²) in [4.78, 5) is 11.7. The van der Waals surface area contributed by atoms with Crippen LogP contribution in [-0.4, -0.2) is 38.4 Å². The van der Waals surface area contributed by atoms with E-state index in [9.17, 15) is 4.79 Å². The Labute approximate surface area is 90.3 Å². The molecule has 0 saturated carbocycles. The van der Waals surface area contributed by atoms with Crippen LogP contribution in [-0.2, 0) is 14.3 Å². The number of carbonyl (C=O) groups excluding carboxylic acids is 1. The van der Waals surface area contributed by atoms with Crippen molar-refractivity contribution >= 4 is 5.97 Å². The maximum absolute atomic E-state index is 11.7. The summed E-state index contributed by atoms with van der Waals surface area (Å²) in [5.41, 5.74) is -0.324. The van der Waals surface area contributed by atoms with Crippen molar-refractivity contribution in [3.63, 3.8) is 0 Å². The maximum atomic E-state index is 11.7. The molecule has 2 aliphatic rings. The van der Waals surface area contributed by atoms with E-state index in [2.05, 4.69) is 19.2 Å². The van der Waals surface area contributed by atoms with Crippen molar-refractivity contribution in [2.45, 2.75) is 25.9 Å². The number of carbonyl (C=O) groups is 1. The average molecular weight is 213 g/mol. The Morgan fingerprint density at radius 3 is 2.80 bits per heavy atom. The molecular formula is C11H19NO3. The zero-order chi connectivity index (χ0) is 11.1. The smallest absolute Gasteiger partial charge is 0.310 e. The molecule has 2 aliphatic heterocycles. The number of esters is 1. The van der Waals surface area contributed by atoms with Crippen LogP contribution >= 0.6 is 0 Å². The van der Waals surface area contributed by atoms with E-state index in [0.717, 1.165) is 19.6 Å². The van der Waals surface area contributed by atoms with E-state index in [1.54, 1.807) is 0 Å². The molecule has 0 amide bonds. The Morgan fingerprint density at radius 2 is 2.27 bits per heavy atom. The zero-order valence-electron chi connectivity index (χ0n) is 9.63. The molecule has 4 heteroatoms. The molecule has 2 saturated heterocycles. The number of rotatable bonds is 1. The number of methoxy groups -OCH3 is 1. The highest BCUT2D eigenvalue weighted by molar-refractivity contribution is 5.74. The summed E-state index contributed by atoms with van der Waals surface area (Å²) in [6.45, 7) is 6.44. The van der Waals surface area contributed by atoms with Crippen LogP contribution in [0.5, 0.6) is 0 Å². The topological polar surface area (TPSA) is 47.6 Å². The molecule has 4 nitrogen and oxygen atoms in total. The molecule has 2 atom stereocenters. The van der Waals surface area contributed by atoms with Crippen LogP contribution in [0.3, 0.4) is 0 Å². The van der Waals surface area contributed by atoms with E-state index < -0.39 is 0 Å². The molecule has 0 bridgehead atoms. The van der Waals surface area contributed by atoms with E-state index >= 15 is 0 Å². The van der Waals surface area contributed by atoms with Crippen molar-refractivity contribution in [1.29, 1.82) is 0 Å². The molecule has 0 aromatic rings. The summed E-state index contributed by atoms with van der Waals surface area (Å²) in [5, 5.41) is 3.30. The van der Waals surface area contributed by atoms with Crippen LogP contribution < -0.4 is 5.32 Å². The largest absolute Gasteiger partial charge is 0.469 e. The van der Waals surface area contributed by atoms with Crippen molar-refractivity contribution in [3.05, 3.63) is 0 Å². The minimum absolute atomic E-state index is 0.0694. The fourth-order valence-corrected chi connectivity index (χ4v) is 3.04. The number of hydrogen-bond donors (Lipinski definition) is 1. The third-order valence-corrected chi connectivity index (χ3v) is 4.15. The third-order valence-electron chi connectivity index (χ3n) is 4.15. The van der Waals surface area contributed by atoms with Crippen molar-refractivity contribution in [1.82, 2.24) is 5.32 Å². The first-order valence-electron chi connectivity index (χ1n) is 5.46. The Morgan fingerprint density at radius 1 is 1.53 bits per heavy atom. The van der Waals surface area contributed by atoms with Gasteiger partial charge in [-0.25, -0.2) is 0 Å². The van der Waals surface area contributed by atoms with Crippen LogP contribution in [0.15, 0.2) is 0 Å². The second-order valence-corrected chi connectivity index (χ2v) is 4.97. The molecule has 1 spiro atoms. The third kappa shape index (κ3) is 1.39. The monoisotopic (exact) mass is 213 g/mol. The molecule has 0 aromatic carbocycles. The predicted molar refractivity (Wildman–Crippen MR) is 55.5 cm³/mol. The number of hydrogen-bond acceptors (Lipinski definition) is 4. The van der Waals surface area contributed by atoms with Gasteiger partial charge in [0, 0.05) is 25.1 Å². The molecule has 86 valence electrons. The van der Waals surface area contributed by atoms with E-state index in [-0.39, 0.29) is 22.9 Å². The van der Waals surface area contributed by atoms with Crippen molar-refractivity contribution in [3.8, 4) is 0 Å². The molecule has 1 N–H and O–H groups in total. The maximum Gasteiger partial charge on any atom is 0.310 e. The van der Waals surface area contributed by atoms with E-state index in [0.29, 0.717) is 6.54 Å². The molecule has 0 aromatic heterocycles. The standard InChI is InChI=1S/C11H19NO3/c1-10(2)11(4-5-15-10)7-12-6-8(11)9(13)14-3/h8,12H,4-7H2,1-3H3. The van der Waals surface area contributed by atoms with Crippen molar-refractivity contribution in [2.24, 2.45) is 11.3 Å². The molecule has 2 unspecified atom stereocenters. The molecule has 0 aliphatic carbocycles.